The molecule has 2 aromatic heterocycles. The first kappa shape index (κ1) is 60.8. The van der Waals surface area contributed by atoms with Crippen molar-refractivity contribution in [3.05, 3.63) is 48.0 Å². The number of aliphatic hydroxyl groups excluding tert-OH is 2. The van der Waals surface area contributed by atoms with Gasteiger partial charge < -0.3 is 56.0 Å². The quantitative estimate of drug-likeness (QED) is 0.0302. The maximum absolute atomic E-state index is 13.1. The number of ether oxygens (including phenoxy) is 1. The number of benzene rings is 1. The highest BCUT2D eigenvalue weighted by atomic mass is 31.3. The van der Waals surface area contributed by atoms with E-state index in [-0.39, 0.29) is 48.7 Å². The molecule has 7 atom stereocenters. The van der Waals surface area contributed by atoms with Crippen LogP contribution in [0.4, 0.5) is 5.82 Å². The van der Waals surface area contributed by atoms with Crippen molar-refractivity contribution >= 4 is 64.0 Å². The Labute approximate surface area is 428 Å². The number of nitrogens with zero attached hydrogens (tertiary/aromatic N) is 4. The number of aliphatic carboxylic acids is 1. The molecular formula is C45H70N7O19P3. The minimum atomic E-state index is -5.60. The molecule has 0 bridgehead atoms. The fourth-order valence-corrected chi connectivity index (χ4v) is 11.3. The Bertz CT molecular complexity index is 2570. The highest BCUT2D eigenvalue weighted by molar-refractivity contribution is 7.61. The minimum Gasteiger partial charge on any atom is -0.481 e. The Balaban J connectivity index is 0.960. The topological polar surface area (TPSA) is 401 Å². The number of carboxylic acid groups (broad SMARTS) is 1. The minimum absolute atomic E-state index is 0.00611. The number of fused-ring (bicyclic) bond motifs is 1. The largest absolute Gasteiger partial charge is 0.481 e. The maximum atomic E-state index is 13.1. The molecule has 5 rings (SSSR count). The predicted octanol–water partition coefficient (Wildman–Crippen LogP) is 4.16. The van der Waals surface area contributed by atoms with Gasteiger partial charge in [0.15, 0.2) is 17.7 Å². The van der Waals surface area contributed by atoms with Crippen LogP contribution in [-0.4, -0.2) is 129 Å². The number of carbonyl (C=O) groups is 4. The van der Waals surface area contributed by atoms with E-state index in [2.05, 4.69) is 46.6 Å². The summed E-state index contributed by atoms with van der Waals surface area (Å²) >= 11 is 0. The second-order valence-electron chi connectivity index (χ2n) is 20.1. The summed E-state index contributed by atoms with van der Waals surface area (Å²) in [5.74, 6) is -2.18. The number of amides is 2. The molecule has 1 saturated heterocycles. The summed E-state index contributed by atoms with van der Waals surface area (Å²) in [4.78, 5) is 101. The zero-order chi connectivity index (χ0) is 54.7. The van der Waals surface area contributed by atoms with E-state index in [1.54, 1.807) is 0 Å². The number of nitrogen functional groups attached to an aromatic ring is 1. The van der Waals surface area contributed by atoms with E-state index in [9.17, 15) is 67.8 Å². The second-order valence-corrected chi connectivity index (χ2v) is 24.3. The number of phosphoric acid groups is 3. The summed E-state index contributed by atoms with van der Waals surface area (Å²) in [6.07, 6.45) is 3.72. The van der Waals surface area contributed by atoms with Gasteiger partial charge in [-0.3, -0.25) is 37.3 Å². The Kier molecular flexibility index (Phi) is 21.2. The third kappa shape index (κ3) is 17.7. The predicted molar refractivity (Wildman–Crippen MR) is 263 cm³/mol. The average molecular weight is 1110 g/mol. The molecule has 2 aliphatic rings. The number of phosphoric ester groups is 3. The monoisotopic (exact) mass is 1110 g/mol. The van der Waals surface area contributed by atoms with Crippen molar-refractivity contribution in [2.75, 3.05) is 32.0 Å². The molecule has 29 heteroatoms. The summed E-state index contributed by atoms with van der Waals surface area (Å²) < 4.78 is 62.6. The molecule has 1 aliphatic carbocycles. The van der Waals surface area contributed by atoms with Crippen LogP contribution in [-0.2, 0) is 68.3 Å². The molecule has 0 radical (unpaired) electrons. The molecule has 11 N–H and O–H groups in total. The van der Waals surface area contributed by atoms with Crippen LogP contribution >= 0.6 is 23.5 Å². The van der Waals surface area contributed by atoms with Gasteiger partial charge in [-0.15, -0.1) is 0 Å². The standard InChI is InChI=1S/C45H70N7O19P3/c1-43(2,19-11-5-7-13-29-15-9-10-16-30(29)14-8-6-12-20-45(21-22-45)42(58)59)32(53)17-23-47-33(54)18-24-48-40(57)37(56)44(3,4)26-68-74(65,66)71-73(63,64)67-25-31-36(70-72(60,61)62)35(55)41(69-31)52-28-51-34-38(46)49-27-50-39(34)52/h9-10,15-16,27-28,31,35-37,41,55-56H,5-8,11-14,17-26H2,1-4H3,(H,47,54)(H,48,57)(H,58,59)(H,63,64)(H,65,66)(H2,46,49,50)(H2,60,61,62). The number of carboxylic acids is 1. The molecule has 414 valence electrons. The fourth-order valence-electron chi connectivity index (χ4n) is 8.51. The van der Waals surface area contributed by atoms with E-state index in [0.29, 0.717) is 6.42 Å². The van der Waals surface area contributed by atoms with Crippen LogP contribution < -0.4 is 16.4 Å². The first-order valence-electron chi connectivity index (χ1n) is 24.3. The number of unbranched alkanes of at least 4 members (excludes halogenated alkanes) is 4. The molecule has 1 saturated carbocycles. The molecule has 74 heavy (non-hydrogen) atoms. The normalized spacial score (nSPS) is 20.9. The lowest BCUT2D eigenvalue weighted by atomic mass is 9.81. The van der Waals surface area contributed by atoms with Gasteiger partial charge in [0.05, 0.1) is 25.0 Å². The Hall–Kier alpha value is -4.10. The zero-order valence-electron chi connectivity index (χ0n) is 41.8. The number of nitrogens with one attached hydrogen (secondary N) is 2. The van der Waals surface area contributed by atoms with E-state index in [0.717, 1.165) is 87.9 Å². The summed E-state index contributed by atoms with van der Waals surface area (Å²) in [5, 5.41) is 36.1. The van der Waals surface area contributed by atoms with Crippen molar-refractivity contribution in [3.63, 3.8) is 0 Å². The number of imidazole rings is 1. The van der Waals surface area contributed by atoms with E-state index in [1.807, 2.05) is 26.0 Å². The molecule has 2 fully saturated rings. The van der Waals surface area contributed by atoms with Gasteiger partial charge in [-0.05, 0) is 62.5 Å². The molecular weight excluding hydrogens is 1040 g/mol. The van der Waals surface area contributed by atoms with Gasteiger partial charge in [-0.1, -0.05) is 77.6 Å². The van der Waals surface area contributed by atoms with Crippen LogP contribution in [0.25, 0.3) is 11.2 Å². The molecule has 3 heterocycles. The van der Waals surface area contributed by atoms with E-state index in [1.165, 1.54) is 25.0 Å². The van der Waals surface area contributed by atoms with Gasteiger partial charge in [0.2, 0.25) is 11.8 Å². The number of nitrogens with two attached hydrogens (primary N) is 1. The fraction of sp³-hybridized carbons (Fsp3) is 0.667. The van der Waals surface area contributed by atoms with Crippen LogP contribution in [0.3, 0.4) is 0 Å². The number of ketones is 1. The van der Waals surface area contributed by atoms with Crippen molar-refractivity contribution in [2.24, 2.45) is 16.2 Å². The van der Waals surface area contributed by atoms with E-state index in [4.69, 9.17) is 19.5 Å². The number of aliphatic hydroxyl groups is 2. The third-order valence-electron chi connectivity index (χ3n) is 13.3. The first-order valence-corrected chi connectivity index (χ1v) is 28.8. The van der Waals surface area contributed by atoms with Gasteiger partial charge in [-0.25, -0.2) is 28.6 Å². The van der Waals surface area contributed by atoms with Crippen molar-refractivity contribution in [1.82, 2.24) is 30.2 Å². The highest BCUT2D eigenvalue weighted by Gasteiger charge is 2.51. The number of anilines is 1. The molecule has 0 spiro atoms. The van der Waals surface area contributed by atoms with Crippen molar-refractivity contribution < 1.29 is 90.4 Å². The average Bonchev–Trinajstić information content (AvgIpc) is 3.90. The van der Waals surface area contributed by atoms with Crippen LogP contribution in [0.15, 0.2) is 36.9 Å². The lowest BCUT2D eigenvalue weighted by Crippen LogP contribution is -2.46. The number of hydrogen-bond acceptors (Lipinski definition) is 18. The molecule has 7 unspecified atom stereocenters. The van der Waals surface area contributed by atoms with E-state index >= 15 is 0 Å². The van der Waals surface area contributed by atoms with Crippen molar-refractivity contribution in [1.29, 1.82) is 0 Å². The Morgan fingerprint density at radius 2 is 1.50 bits per heavy atom. The number of Topliss-reactive ketones (excluding diaryl/α,β-unsaturated/α-hetero) is 1. The number of aryl methyl sites for hydroxylation is 2. The summed E-state index contributed by atoms with van der Waals surface area (Å²) in [6.45, 7) is 4.08. The molecule has 26 nitrogen and oxygen atoms in total. The molecule has 3 aromatic rings. The number of hydrogen-bond donors (Lipinski definition) is 10. The highest BCUT2D eigenvalue weighted by Crippen LogP contribution is 2.61. The van der Waals surface area contributed by atoms with Gasteiger partial charge in [0, 0.05) is 36.8 Å². The van der Waals surface area contributed by atoms with Gasteiger partial charge in [0.25, 0.3) is 0 Å². The zero-order valence-corrected chi connectivity index (χ0v) is 44.5. The lowest BCUT2D eigenvalue weighted by Gasteiger charge is -2.30. The Morgan fingerprint density at radius 3 is 2.12 bits per heavy atom. The number of carbonyl (C=O) groups excluding carboxylic acids is 3. The van der Waals surface area contributed by atoms with Crippen molar-refractivity contribution in [2.45, 2.75) is 148 Å². The van der Waals surface area contributed by atoms with Gasteiger partial charge in [-0.2, -0.15) is 4.31 Å². The van der Waals surface area contributed by atoms with E-state index < -0.39 is 101 Å². The molecule has 2 amide bonds. The summed E-state index contributed by atoms with van der Waals surface area (Å²) in [6, 6.07) is 8.41. The van der Waals surface area contributed by atoms with Crippen molar-refractivity contribution in [3.8, 4) is 0 Å². The van der Waals surface area contributed by atoms with Crippen LogP contribution in [0.2, 0.25) is 0 Å². The third-order valence-corrected chi connectivity index (χ3v) is 16.4. The lowest BCUT2D eigenvalue weighted by molar-refractivity contribution is -0.143. The van der Waals surface area contributed by atoms with Gasteiger partial charge in [0.1, 0.15) is 42.0 Å². The molecule has 1 aliphatic heterocycles. The first-order chi connectivity index (χ1) is 34.6. The summed E-state index contributed by atoms with van der Waals surface area (Å²) in [5.41, 5.74) is 5.82. The Morgan fingerprint density at radius 1 is 0.878 bits per heavy atom. The van der Waals surface area contributed by atoms with Crippen LogP contribution in [0, 0.1) is 16.2 Å². The van der Waals surface area contributed by atoms with Crippen LogP contribution in [0.5, 0.6) is 0 Å². The number of rotatable bonds is 33. The molecule has 1 aromatic carbocycles. The smallest absolute Gasteiger partial charge is 0.481 e. The SMILES string of the molecule is CC(C)(CCCCCc1ccccc1CCCCCC1(C(=O)O)CC1)C(=O)CCNC(=O)CCNC(=O)C(O)C(C)(C)COP(=O)(O)OP(=O)(O)OCC1OC(n2cnc3c(N)ncnc32)C(O)C1OP(=O)(O)O. The van der Waals surface area contributed by atoms with Gasteiger partial charge >= 0.3 is 29.4 Å². The van der Waals surface area contributed by atoms with Crippen LogP contribution in [0.1, 0.15) is 122 Å². The summed E-state index contributed by atoms with van der Waals surface area (Å²) in [7, 11) is -16.5. The number of aromatic nitrogens is 4. The maximum Gasteiger partial charge on any atom is 0.481 e. The second kappa shape index (κ2) is 25.8.